The van der Waals surface area contributed by atoms with Crippen LogP contribution in [0.5, 0.6) is 0 Å². The minimum atomic E-state index is 0.293. The van der Waals surface area contributed by atoms with Gasteiger partial charge in [-0.05, 0) is 52.3 Å². The van der Waals surface area contributed by atoms with Crippen LogP contribution in [-0.4, -0.2) is 31.1 Å². The van der Waals surface area contributed by atoms with Crippen LogP contribution in [0.3, 0.4) is 0 Å². The standard InChI is InChI=1S/C16H29N3O/c1-13(19-15-7-5-3-4-6-8-15)18-14(2)20-16-9-11-17-12-10-16/h15-17H,2-12H2,1H3,(H,18,19). The first-order valence-corrected chi connectivity index (χ1v) is 8.12. The molecule has 0 atom stereocenters. The third-order valence-corrected chi connectivity index (χ3v) is 4.12. The topological polar surface area (TPSA) is 45.7 Å². The second-order valence-electron chi connectivity index (χ2n) is 5.98. The number of piperidine rings is 1. The number of hydrogen-bond donors (Lipinski definition) is 2. The second kappa shape index (κ2) is 8.30. The Labute approximate surface area is 123 Å². The van der Waals surface area contributed by atoms with E-state index in [9.17, 15) is 0 Å². The summed E-state index contributed by atoms with van der Waals surface area (Å²) in [7, 11) is 0. The molecule has 20 heavy (non-hydrogen) atoms. The molecule has 4 heteroatoms. The van der Waals surface area contributed by atoms with E-state index < -0.39 is 0 Å². The molecule has 1 saturated heterocycles. The van der Waals surface area contributed by atoms with Crippen molar-refractivity contribution in [2.45, 2.75) is 70.4 Å². The predicted octanol–water partition coefficient (Wildman–Crippen LogP) is 2.96. The minimum Gasteiger partial charge on any atom is -0.476 e. The van der Waals surface area contributed by atoms with Gasteiger partial charge < -0.3 is 15.4 Å². The molecule has 1 heterocycles. The Morgan fingerprint density at radius 2 is 1.75 bits per heavy atom. The highest BCUT2D eigenvalue weighted by molar-refractivity contribution is 5.80. The maximum atomic E-state index is 5.85. The largest absolute Gasteiger partial charge is 0.476 e. The third-order valence-electron chi connectivity index (χ3n) is 4.12. The summed E-state index contributed by atoms with van der Waals surface area (Å²) >= 11 is 0. The van der Waals surface area contributed by atoms with Gasteiger partial charge in [0.05, 0.1) is 6.04 Å². The van der Waals surface area contributed by atoms with Gasteiger partial charge in [-0.25, -0.2) is 0 Å². The Kier molecular flexibility index (Phi) is 6.37. The second-order valence-corrected chi connectivity index (χ2v) is 5.98. The van der Waals surface area contributed by atoms with Crippen molar-refractivity contribution in [3.63, 3.8) is 0 Å². The van der Waals surface area contributed by atoms with E-state index in [-0.39, 0.29) is 0 Å². The van der Waals surface area contributed by atoms with Crippen molar-refractivity contribution in [3.05, 3.63) is 12.5 Å². The summed E-state index contributed by atoms with van der Waals surface area (Å²) in [6.45, 7) is 8.05. The van der Waals surface area contributed by atoms with E-state index in [0.29, 0.717) is 18.0 Å². The summed E-state index contributed by atoms with van der Waals surface area (Å²) < 4.78 is 5.85. The lowest BCUT2D eigenvalue weighted by Gasteiger charge is -2.25. The zero-order valence-electron chi connectivity index (χ0n) is 12.8. The van der Waals surface area contributed by atoms with Crippen molar-refractivity contribution in [3.8, 4) is 0 Å². The Morgan fingerprint density at radius 3 is 2.40 bits per heavy atom. The fourth-order valence-electron chi connectivity index (χ4n) is 3.04. The lowest BCUT2D eigenvalue weighted by molar-refractivity contribution is 0.0821. The van der Waals surface area contributed by atoms with Gasteiger partial charge in [0.2, 0.25) is 0 Å². The van der Waals surface area contributed by atoms with Crippen LogP contribution in [0.25, 0.3) is 0 Å². The van der Waals surface area contributed by atoms with Gasteiger partial charge in [0.25, 0.3) is 0 Å². The normalized spacial score (nSPS) is 23.1. The minimum absolute atomic E-state index is 0.293. The molecule has 0 aromatic carbocycles. The van der Waals surface area contributed by atoms with Crippen LogP contribution in [0.15, 0.2) is 17.5 Å². The van der Waals surface area contributed by atoms with Gasteiger partial charge in [-0.1, -0.05) is 25.7 Å². The van der Waals surface area contributed by atoms with Gasteiger partial charge in [-0.3, -0.25) is 4.99 Å². The van der Waals surface area contributed by atoms with Gasteiger partial charge >= 0.3 is 0 Å². The number of nitrogens with one attached hydrogen (secondary N) is 2. The SMILES string of the molecule is C=C(NC(C)=NC1CCCCCC1)OC1CCNCC1. The molecule has 2 rings (SSSR count). The fourth-order valence-corrected chi connectivity index (χ4v) is 3.04. The number of amidine groups is 1. The number of aliphatic imine (C=N–C) groups is 1. The highest BCUT2D eigenvalue weighted by Crippen LogP contribution is 2.19. The van der Waals surface area contributed by atoms with E-state index in [1.807, 2.05) is 6.92 Å². The van der Waals surface area contributed by atoms with Crippen molar-refractivity contribution in [2.75, 3.05) is 13.1 Å². The smallest absolute Gasteiger partial charge is 0.184 e. The summed E-state index contributed by atoms with van der Waals surface area (Å²) in [5, 5.41) is 6.54. The molecule has 2 fully saturated rings. The van der Waals surface area contributed by atoms with Gasteiger partial charge in [-0.15, -0.1) is 0 Å². The van der Waals surface area contributed by atoms with E-state index in [1.165, 1.54) is 38.5 Å². The van der Waals surface area contributed by atoms with E-state index in [4.69, 9.17) is 9.73 Å². The molecule has 4 nitrogen and oxygen atoms in total. The number of ether oxygens (including phenoxy) is 1. The maximum absolute atomic E-state index is 5.85. The van der Waals surface area contributed by atoms with E-state index in [2.05, 4.69) is 17.2 Å². The predicted molar refractivity (Wildman–Crippen MR) is 83.9 cm³/mol. The van der Waals surface area contributed by atoms with Gasteiger partial charge in [0, 0.05) is 0 Å². The summed E-state index contributed by atoms with van der Waals surface area (Å²) in [6, 6.07) is 0.483. The highest BCUT2D eigenvalue weighted by Gasteiger charge is 2.15. The Morgan fingerprint density at radius 1 is 1.10 bits per heavy atom. The first kappa shape index (κ1) is 15.4. The zero-order chi connectivity index (χ0) is 14.2. The summed E-state index contributed by atoms with van der Waals surface area (Å²) in [5.74, 6) is 1.59. The highest BCUT2D eigenvalue weighted by atomic mass is 16.5. The molecule has 0 spiro atoms. The quantitative estimate of drug-likeness (QED) is 0.360. The van der Waals surface area contributed by atoms with Crippen LogP contribution < -0.4 is 10.6 Å². The maximum Gasteiger partial charge on any atom is 0.184 e. The molecule has 0 bridgehead atoms. The van der Waals surface area contributed by atoms with Crippen LogP contribution in [0.1, 0.15) is 58.3 Å². The van der Waals surface area contributed by atoms with E-state index in [1.54, 1.807) is 0 Å². The number of hydrogen-bond acceptors (Lipinski definition) is 3. The Hall–Kier alpha value is -1.03. The molecule has 2 N–H and O–H groups in total. The molecular formula is C16H29N3O. The van der Waals surface area contributed by atoms with Crippen molar-refractivity contribution in [2.24, 2.45) is 4.99 Å². The Balaban J connectivity index is 1.74. The van der Waals surface area contributed by atoms with Crippen LogP contribution in [0.2, 0.25) is 0 Å². The number of rotatable bonds is 4. The van der Waals surface area contributed by atoms with Crippen LogP contribution in [-0.2, 0) is 4.74 Å². The third kappa shape index (κ3) is 5.53. The van der Waals surface area contributed by atoms with Crippen molar-refractivity contribution < 1.29 is 4.74 Å². The number of nitrogens with zero attached hydrogens (tertiary/aromatic N) is 1. The molecule has 1 aliphatic heterocycles. The zero-order valence-corrected chi connectivity index (χ0v) is 12.8. The average Bonchev–Trinajstić information content (AvgIpc) is 2.68. The molecule has 1 saturated carbocycles. The van der Waals surface area contributed by atoms with Gasteiger partial charge in [0.1, 0.15) is 11.9 Å². The molecule has 114 valence electrons. The van der Waals surface area contributed by atoms with Crippen LogP contribution >= 0.6 is 0 Å². The fraction of sp³-hybridized carbons (Fsp3) is 0.812. The van der Waals surface area contributed by atoms with Crippen molar-refractivity contribution >= 4 is 5.84 Å². The lowest BCUT2D eigenvalue weighted by atomic mass is 10.1. The monoisotopic (exact) mass is 279 g/mol. The first-order valence-electron chi connectivity index (χ1n) is 8.12. The summed E-state index contributed by atoms with van der Waals surface area (Å²) in [5.41, 5.74) is 0. The van der Waals surface area contributed by atoms with Crippen LogP contribution in [0.4, 0.5) is 0 Å². The van der Waals surface area contributed by atoms with Crippen LogP contribution in [0, 0.1) is 0 Å². The average molecular weight is 279 g/mol. The van der Waals surface area contributed by atoms with E-state index in [0.717, 1.165) is 31.8 Å². The molecule has 0 aromatic rings. The molecule has 0 radical (unpaired) electrons. The Bertz CT molecular complexity index is 327. The summed E-state index contributed by atoms with van der Waals surface area (Å²) in [4.78, 5) is 4.78. The van der Waals surface area contributed by atoms with Crippen molar-refractivity contribution in [1.29, 1.82) is 0 Å². The lowest BCUT2D eigenvalue weighted by Crippen LogP contribution is -2.34. The molecule has 0 unspecified atom stereocenters. The molecule has 0 aromatic heterocycles. The summed E-state index contributed by atoms with van der Waals surface area (Å²) in [6.07, 6.45) is 10.2. The molecule has 2 aliphatic rings. The molecule has 1 aliphatic carbocycles. The molecule has 0 amide bonds. The first-order chi connectivity index (χ1) is 9.74. The van der Waals surface area contributed by atoms with Crippen molar-refractivity contribution in [1.82, 2.24) is 10.6 Å². The van der Waals surface area contributed by atoms with Gasteiger partial charge in [-0.2, -0.15) is 0 Å². The van der Waals surface area contributed by atoms with E-state index >= 15 is 0 Å². The van der Waals surface area contributed by atoms with Gasteiger partial charge in [0.15, 0.2) is 5.88 Å². The molecular weight excluding hydrogens is 250 g/mol.